The van der Waals surface area contributed by atoms with Crippen LogP contribution in [0.2, 0.25) is 0 Å². The molecular weight excluding hydrogens is 344 g/mol. The Morgan fingerprint density at radius 2 is 1.60 bits per heavy atom. The number of esters is 2. The SMILES string of the molecule is CCOC(=O)c1cc(Sc2ccc(C(=O)O)cc2)ccc1C(=O)OC. The van der Waals surface area contributed by atoms with Crippen LogP contribution in [0, 0.1) is 0 Å². The number of ether oxygens (including phenoxy) is 2. The maximum absolute atomic E-state index is 12.1. The van der Waals surface area contributed by atoms with Crippen molar-refractivity contribution in [1.82, 2.24) is 0 Å². The number of carboxylic acids is 1. The standard InChI is InChI=1S/C18H16O6S/c1-3-24-18(22)15-10-13(8-9-14(15)17(21)23-2)25-12-6-4-11(5-7-12)16(19)20/h4-10H,3H2,1-2H3,(H,19,20). The molecule has 0 fully saturated rings. The van der Waals surface area contributed by atoms with E-state index in [9.17, 15) is 14.4 Å². The number of rotatable bonds is 6. The molecule has 0 saturated heterocycles. The number of aromatic carboxylic acids is 1. The molecule has 0 unspecified atom stereocenters. The lowest BCUT2D eigenvalue weighted by atomic mass is 10.1. The van der Waals surface area contributed by atoms with E-state index in [2.05, 4.69) is 4.74 Å². The van der Waals surface area contributed by atoms with Gasteiger partial charge in [-0.3, -0.25) is 0 Å². The van der Waals surface area contributed by atoms with Crippen LogP contribution in [0.4, 0.5) is 0 Å². The molecule has 0 spiro atoms. The number of carbonyl (C=O) groups is 3. The van der Waals surface area contributed by atoms with Gasteiger partial charge in [0.15, 0.2) is 0 Å². The summed E-state index contributed by atoms with van der Waals surface area (Å²) >= 11 is 1.33. The van der Waals surface area contributed by atoms with E-state index < -0.39 is 17.9 Å². The van der Waals surface area contributed by atoms with E-state index >= 15 is 0 Å². The van der Waals surface area contributed by atoms with Crippen LogP contribution < -0.4 is 0 Å². The van der Waals surface area contributed by atoms with Gasteiger partial charge in [-0.2, -0.15) is 0 Å². The van der Waals surface area contributed by atoms with E-state index in [1.165, 1.54) is 37.1 Å². The van der Waals surface area contributed by atoms with Gasteiger partial charge in [-0.1, -0.05) is 11.8 Å². The lowest BCUT2D eigenvalue weighted by molar-refractivity contribution is 0.0503. The Hall–Kier alpha value is -2.80. The summed E-state index contributed by atoms with van der Waals surface area (Å²) in [4.78, 5) is 36.3. The second-order valence-corrected chi connectivity index (χ2v) is 6.00. The molecule has 0 aliphatic heterocycles. The number of hydrogen-bond donors (Lipinski definition) is 1. The van der Waals surface area contributed by atoms with Crippen molar-refractivity contribution in [2.75, 3.05) is 13.7 Å². The van der Waals surface area contributed by atoms with Gasteiger partial charge in [-0.25, -0.2) is 14.4 Å². The van der Waals surface area contributed by atoms with Crippen molar-refractivity contribution in [2.24, 2.45) is 0 Å². The maximum atomic E-state index is 12.1. The average Bonchev–Trinajstić information content (AvgIpc) is 2.61. The Morgan fingerprint density at radius 3 is 2.16 bits per heavy atom. The molecule has 0 aliphatic rings. The minimum atomic E-state index is -0.997. The second-order valence-electron chi connectivity index (χ2n) is 4.85. The van der Waals surface area contributed by atoms with E-state index in [-0.39, 0.29) is 23.3 Å². The molecule has 130 valence electrons. The highest BCUT2D eigenvalue weighted by Crippen LogP contribution is 2.30. The summed E-state index contributed by atoms with van der Waals surface area (Å²) in [6.45, 7) is 1.87. The predicted molar refractivity (Wildman–Crippen MR) is 91.3 cm³/mol. The fraction of sp³-hybridized carbons (Fsp3) is 0.167. The molecule has 2 aromatic carbocycles. The van der Waals surface area contributed by atoms with Crippen LogP contribution >= 0.6 is 11.8 Å². The Morgan fingerprint density at radius 1 is 0.960 bits per heavy atom. The van der Waals surface area contributed by atoms with Crippen molar-refractivity contribution in [3.8, 4) is 0 Å². The fourth-order valence-electron chi connectivity index (χ4n) is 2.05. The van der Waals surface area contributed by atoms with Crippen molar-refractivity contribution in [1.29, 1.82) is 0 Å². The number of carbonyl (C=O) groups excluding carboxylic acids is 2. The zero-order valence-electron chi connectivity index (χ0n) is 13.6. The summed E-state index contributed by atoms with van der Waals surface area (Å²) < 4.78 is 9.68. The molecule has 0 radical (unpaired) electrons. The average molecular weight is 360 g/mol. The molecule has 6 nitrogen and oxygen atoms in total. The maximum Gasteiger partial charge on any atom is 0.339 e. The smallest absolute Gasteiger partial charge is 0.339 e. The van der Waals surface area contributed by atoms with Crippen LogP contribution in [0.5, 0.6) is 0 Å². The molecule has 1 N–H and O–H groups in total. The summed E-state index contributed by atoms with van der Waals surface area (Å²) in [5.41, 5.74) is 0.449. The first-order valence-electron chi connectivity index (χ1n) is 7.37. The molecule has 7 heteroatoms. The lowest BCUT2D eigenvalue weighted by Gasteiger charge is -2.10. The summed E-state index contributed by atoms with van der Waals surface area (Å²) in [6.07, 6.45) is 0. The lowest BCUT2D eigenvalue weighted by Crippen LogP contribution is -2.13. The number of hydrogen-bond acceptors (Lipinski definition) is 6. The zero-order chi connectivity index (χ0) is 18.4. The van der Waals surface area contributed by atoms with Crippen molar-refractivity contribution in [3.05, 3.63) is 59.2 Å². The second kappa shape index (κ2) is 8.34. The Kier molecular flexibility index (Phi) is 6.19. The third kappa shape index (κ3) is 4.60. The zero-order valence-corrected chi connectivity index (χ0v) is 14.5. The van der Waals surface area contributed by atoms with Gasteiger partial charge in [0.2, 0.25) is 0 Å². The third-order valence-corrected chi connectivity index (χ3v) is 4.23. The molecule has 0 saturated carbocycles. The van der Waals surface area contributed by atoms with E-state index in [4.69, 9.17) is 9.84 Å². The van der Waals surface area contributed by atoms with E-state index in [0.29, 0.717) is 4.90 Å². The highest BCUT2D eigenvalue weighted by molar-refractivity contribution is 7.99. The van der Waals surface area contributed by atoms with E-state index in [1.54, 1.807) is 31.2 Å². The molecule has 0 atom stereocenters. The highest BCUT2D eigenvalue weighted by Gasteiger charge is 2.19. The van der Waals surface area contributed by atoms with Crippen LogP contribution in [0.25, 0.3) is 0 Å². The molecule has 25 heavy (non-hydrogen) atoms. The Bertz CT molecular complexity index is 798. The van der Waals surface area contributed by atoms with Gasteiger partial charge in [-0.15, -0.1) is 0 Å². The predicted octanol–water partition coefficient (Wildman–Crippen LogP) is 3.50. The van der Waals surface area contributed by atoms with Crippen LogP contribution in [-0.2, 0) is 9.47 Å². The first-order valence-corrected chi connectivity index (χ1v) is 8.18. The number of methoxy groups -OCH3 is 1. The number of benzene rings is 2. The Labute approximate surface area is 148 Å². The van der Waals surface area contributed by atoms with E-state index in [0.717, 1.165) is 4.90 Å². The third-order valence-electron chi connectivity index (χ3n) is 3.23. The Balaban J connectivity index is 2.32. The molecule has 0 heterocycles. The van der Waals surface area contributed by atoms with Crippen molar-refractivity contribution >= 4 is 29.7 Å². The van der Waals surface area contributed by atoms with E-state index in [1.807, 2.05) is 0 Å². The monoisotopic (exact) mass is 360 g/mol. The highest BCUT2D eigenvalue weighted by atomic mass is 32.2. The van der Waals surface area contributed by atoms with Crippen LogP contribution in [-0.4, -0.2) is 36.7 Å². The van der Waals surface area contributed by atoms with Gasteiger partial charge < -0.3 is 14.6 Å². The minimum Gasteiger partial charge on any atom is -0.478 e. The van der Waals surface area contributed by atoms with Gasteiger partial charge in [0, 0.05) is 9.79 Å². The van der Waals surface area contributed by atoms with Crippen molar-refractivity contribution in [3.63, 3.8) is 0 Å². The molecule has 0 aromatic heterocycles. The summed E-state index contributed by atoms with van der Waals surface area (Å²) in [5.74, 6) is -2.22. The van der Waals surface area contributed by atoms with Crippen LogP contribution in [0.1, 0.15) is 38.0 Å². The molecular formula is C18H16O6S. The first kappa shape index (κ1) is 18.5. The minimum absolute atomic E-state index is 0.126. The van der Waals surface area contributed by atoms with Crippen molar-refractivity contribution in [2.45, 2.75) is 16.7 Å². The topological polar surface area (TPSA) is 89.9 Å². The van der Waals surface area contributed by atoms with Crippen LogP contribution in [0.15, 0.2) is 52.3 Å². The molecule has 2 rings (SSSR count). The largest absolute Gasteiger partial charge is 0.478 e. The summed E-state index contributed by atoms with van der Waals surface area (Å²) in [5, 5.41) is 8.92. The molecule has 0 bridgehead atoms. The quantitative estimate of drug-likeness (QED) is 0.789. The van der Waals surface area contributed by atoms with Gasteiger partial charge in [-0.05, 0) is 49.4 Å². The molecule has 2 aromatic rings. The van der Waals surface area contributed by atoms with Gasteiger partial charge in [0.1, 0.15) is 0 Å². The fourth-order valence-corrected chi connectivity index (χ4v) is 2.91. The van der Waals surface area contributed by atoms with Crippen LogP contribution in [0.3, 0.4) is 0 Å². The van der Waals surface area contributed by atoms with Gasteiger partial charge >= 0.3 is 17.9 Å². The first-order chi connectivity index (χ1) is 12.0. The number of carboxylic acid groups (broad SMARTS) is 1. The molecule has 0 amide bonds. The van der Waals surface area contributed by atoms with Gasteiger partial charge in [0.25, 0.3) is 0 Å². The summed E-state index contributed by atoms with van der Waals surface area (Å²) in [7, 11) is 1.24. The summed E-state index contributed by atoms with van der Waals surface area (Å²) in [6, 6.07) is 11.1. The normalized spacial score (nSPS) is 10.2. The van der Waals surface area contributed by atoms with Crippen molar-refractivity contribution < 1.29 is 29.0 Å². The molecule has 0 aliphatic carbocycles. The van der Waals surface area contributed by atoms with Gasteiger partial charge in [0.05, 0.1) is 30.4 Å².